The van der Waals surface area contributed by atoms with Crippen molar-refractivity contribution in [1.29, 1.82) is 0 Å². The van der Waals surface area contributed by atoms with E-state index in [1.807, 2.05) is 11.4 Å². The Bertz CT molecular complexity index is 465. The molecule has 0 spiro atoms. The lowest BCUT2D eigenvalue weighted by atomic mass is 9.66. The first-order valence-electron chi connectivity index (χ1n) is 7.04. The highest BCUT2D eigenvalue weighted by Crippen LogP contribution is 2.44. The number of carboxylic acids is 1. The van der Waals surface area contributed by atoms with Crippen LogP contribution < -0.4 is 5.32 Å². The number of carboxylic acid groups (broad SMARTS) is 1. The van der Waals surface area contributed by atoms with Crippen molar-refractivity contribution >= 4 is 23.2 Å². The number of hydrogen-bond acceptors (Lipinski definition) is 3. The summed E-state index contributed by atoms with van der Waals surface area (Å²) in [6.07, 6.45) is 3.23. The van der Waals surface area contributed by atoms with Crippen molar-refractivity contribution in [3.05, 3.63) is 22.4 Å². The maximum absolute atomic E-state index is 11.9. The molecule has 1 atom stereocenters. The predicted octanol–water partition coefficient (Wildman–Crippen LogP) is 2.69. The summed E-state index contributed by atoms with van der Waals surface area (Å²) < 4.78 is 0. The van der Waals surface area contributed by atoms with E-state index in [1.54, 1.807) is 11.3 Å². The van der Waals surface area contributed by atoms with Crippen LogP contribution in [0.25, 0.3) is 0 Å². The average molecular weight is 295 g/mol. The van der Waals surface area contributed by atoms with Gasteiger partial charge in [0.15, 0.2) is 0 Å². The second-order valence-electron chi connectivity index (χ2n) is 5.81. The van der Waals surface area contributed by atoms with Crippen LogP contribution in [0.2, 0.25) is 0 Å². The van der Waals surface area contributed by atoms with Gasteiger partial charge in [-0.1, -0.05) is 19.4 Å². The molecule has 1 aromatic rings. The molecule has 1 unspecified atom stereocenters. The molecule has 0 saturated heterocycles. The molecule has 2 rings (SSSR count). The lowest BCUT2D eigenvalue weighted by Crippen LogP contribution is -2.43. The Balaban J connectivity index is 1.73. The van der Waals surface area contributed by atoms with Crippen molar-refractivity contribution in [2.45, 2.75) is 39.0 Å². The maximum atomic E-state index is 11.9. The molecule has 1 heterocycles. The van der Waals surface area contributed by atoms with Crippen LogP contribution in [0, 0.1) is 11.3 Å². The van der Waals surface area contributed by atoms with E-state index >= 15 is 0 Å². The number of carbonyl (C=O) groups excluding carboxylic acids is 1. The van der Waals surface area contributed by atoms with Gasteiger partial charge in [-0.15, -0.1) is 11.3 Å². The van der Waals surface area contributed by atoms with E-state index in [-0.39, 0.29) is 12.3 Å². The number of amides is 1. The van der Waals surface area contributed by atoms with E-state index in [1.165, 1.54) is 4.88 Å². The topological polar surface area (TPSA) is 66.4 Å². The highest BCUT2D eigenvalue weighted by molar-refractivity contribution is 7.09. The summed E-state index contributed by atoms with van der Waals surface area (Å²) in [7, 11) is 0. The van der Waals surface area contributed by atoms with Crippen LogP contribution in [0.15, 0.2) is 17.5 Å². The molecular weight excluding hydrogens is 274 g/mol. The number of rotatable bonds is 7. The Labute approximate surface area is 123 Å². The van der Waals surface area contributed by atoms with E-state index in [0.717, 1.165) is 12.8 Å². The third-order valence-corrected chi connectivity index (χ3v) is 4.94. The number of nitrogens with one attached hydrogen (secondary N) is 1. The van der Waals surface area contributed by atoms with E-state index in [0.29, 0.717) is 25.3 Å². The van der Waals surface area contributed by atoms with Gasteiger partial charge in [0.05, 0.1) is 5.41 Å². The average Bonchev–Trinajstić information content (AvgIpc) is 2.83. The molecule has 0 aliphatic heterocycles. The summed E-state index contributed by atoms with van der Waals surface area (Å²) in [4.78, 5) is 24.4. The van der Waals surface area contributed by atoms with Gasteiger partial charge in [-0.2, -0.15) is 0 Å². The molecule has 20 heavy (non-hydrogen) atoms. The molecule has 1 aliphatic rings. The predicted molar refractivity (Wildman–Crippen MR) is 78.7 cm³/mol. The van der Waals surface area contributed by atoms with Crippen molar-refractivity contribution in [3.63, 3.8) is 0 Å². The summed E-state index contributed by atoms with van der Waals surface area (Å²) in [6, 6.07) is 4.12. The van der Waals surface area contributed by atoms with Crippen molar-refractivity contribution in [1.82, 2.24) is 5.32 Å². The highest BCUT2D eigenvalue weighted by Gasteiger charge is 2.45. The maximum Gasteiger partial charge on any atom is 0.310 e. The van der Waals surface area contributed by atoms with Gasteiger partial charge in [-0.05, 0) is 36.6 Å². The van der Waals surface area contributed by atoms with Gasteiger partial charge in [0, 0.05) is 17.8 Å². The van der Waals surface area contributed by atoms with Crippen molar-refractivity contribution in [2.75, 3.05) is 6.54 Å². The SMILES string of the molecule is CC(CNC(=O)CC1(C(=O)O)CCC1)Cc1cccs1. The van der Waals surface area contributed by atoms with Gasteiger partial charge >= 0.3 is 5.97 Å². The molecule has 1 saturated carbocycles. The second kappa shape index (κ2) is 6.39. The quantitative estimate of drug-likeness (QED) is 0.812. The lowest BCUT2D eigenvalue weighted by Gasteiger charge is -2.37. The first-order chi connectivity index (χ1) is 9.52. The molecule has 0 radical (unpaired) electrons. The summed E-state index contributed by atoms with van der Waals surface area (Å²) >= 11 is 1.72. The Kier molecular flexibility index (Phi) is 4.81. The fourth-order valence-corrected chi connectivity index (χ4v) is 3.44. The Morgan fingerprint density at radius 2 is 2.25 bits per heavy atom. The zero-order valence-corrected chi connectivity index (χ0v) is 12.5. The minimum absolute atomic E-state index is 0.119. The molecule has 1 aromatic heterocycles. The van der Waals surface area contributed by atoms with Crippen LogP contribution >= 0.6 is 11.3 Å². The third-order valence-electron chi connectivity index (χ3n) is 4.04. The Hall–Kier alpha value is -1.36. The molecule has 0 bridgehead atoms. The fraction of sp³-hybridized carbons (Fsp3) is 0.600. The number of carbonyl (C=O) groups is 2. The van der Waals surface area contributed by atoms with E-state index in [9.17, 15) is 14.7 Å². The first-order valence-corrected chi connectivity index (χ1v) is 7.92. The number of thiophene rings is 1. The smallest absolute Gasteiger partial charge is 0.310 e. The van der Waals surface area contributed by atoms with Crippen LogP contribution in [0.4, 0.5) is 0 Å². The zero-order valence-electron chi connectivity index (χ0n) is 11.7. The molecule has 0 aromatic carbocycles. The monoisotopic (exact) mass is 295 g/mol. The Morgan fingerprint density at radius 1 is 1.50 bits per heavy atom. The summed E-state index contributed by atoms with van der Waals surface area (Å²) in [6.45, 7) is 2.70. The first kappa shape index (κ1) is 15.0. The lowest BCUT2D eigenvalue weighted by molar-refractivity contribution is -0.157. The van der Waals surface area contributed by atoms with E-state index in [4.69, 9.17) is 0 Å². The van der Waals surface area contributed by atoms with E-state index in [2.05, 4.69) is 18.3 Å². The van der Waals surface area contributed by atoms with Crippen LogP contribution in [0.3, 0.4) is 0 Å². The van der Waals surface area contributed by atoms with Crippen molar-refractivity contribution in [2.24, 2.45) is 11.3 Å². The zero-order chi connectivity index (χ0) is 14.6. The minimum Gasteiger partial charge on any atom is -0.481 e. The molecule has 2 N–H and O–H groups in total. The molecule has 5 heteroatoms. The molecule has 1 aliphatic carbocycles. The van der Waals surface area contributed by atoms with Crippen LogP contribution in [-0.2, 0) is 16.0 Å². The van der Waals surface area contributed by atoms with Crippen molar-refractivity contribution in [3.8, 4) is 0 Å². The van der Waals surface area contributed by atoms with Gasteiger partial charge in [-0.25, -0.2) is 0 Å². The molecule has 110 valence electrons. The largest absolute Gasteiger partial charge is 0.481 e. The summed E-state index contributed by atoms with van der Waals surface area (Å²) in [5, 5.41) is 14.1. The van der Waals surface area contributed by atoms with Crippen LogP contribution in [0.5, 0.6) is 0 Å². The van der Waals surface area contributed by atoms with Crippen LogP contribution in [-0.4, -0.2) is 23.5 Å². The molecule has 4 nitrogen and oxygen atoms in total. The van der Waals surface area contributed by atoms with Crippen LogP contribution in [0.1, 0.15) is 37.5 Å². The number of hydrogen-bond donors (Lipinski definition) is 2. The van der Waals surface area contributed by atoms with E-state index < -0.39 is 11.4 Å². The number of aliphatic carboxylic acids is 1. The van der Waals surface area contributed by atoms with Gasteiger partial charge in [-0.3, -0.25) is 9.59 Å². The molecule has 1 fully saturated rings. The van der Waals surface area contributed by atoms with Gasteiger partial charge in [0.2, 0.25) is 5.91 Å². The third kappa shape index (κ3) is 3.60. The summed E-state index contributed by atoms with van der Waals surface area (Å²) in [5.74, 6) is -0.601. The molecule has 1 amide bonds. The minimum atomic E-state index is -0.828. The molecular formula is C15H21NO3S. The van der Waals surface area contributed by atoms with Gasteiger partial charge in [0.25, 0.3) is 0 Å². The summed E-state index contributed by atoms with van der Waals surface area (Å²) in [5.41, 5.74) is -0.791. The highest BCUT2D eigenvalue weighted by atomic mass is 32.1. The fourth-order valence-electron chi connectivity index (χ4n) is 2.57. The second-order valence-corrected chi connectivity index (χ2v) is 6.84. The van der Waals surface area contributed by atoms with Crippen molar-refractivity contribution < 1.29 is 14.7 Å². The van der Waals surface area contributed by atoms with Gasteiger partial charge in [0.1, 0.15) is 0 Å². The Morgan fingerprint density at radius 3 is 2.75 bits per heavy atom. The standard InChI is InChI=1S/C15H21NO3S/c1-11(8-12-4-2-7-20-12)10-16-13(17)9-15(14(18)19)5-3-6-15/h2,4,7,11H,3,5-6,8-10H2,1H3,(H,16,17)(H,18,19). The normalized spacial score (nSPS) is 18.1. The van der Waals surface area contributed by atoms with Gasteiger partial charge < -0.3 is 10.4 Å².